The summed E-state index contributed by atoms with van der Waals surface area (Å²) >= 11 is 1.43. The minimum Gasteiger partial charge on any atom is -0.331 e. The highest BCUT2D eigenvalue weighted by Crippen LogP contribution is 2.18. The molecule has 1 heterocycles. The minimum absolute atomic E-state index is 0.178. The van der Waals surface area contributed by atoms with Crippen molar-refractivity contribution >= 4 is 22.5 Å². The van der Waals surface area contributed by atoms with E-state index in [0.29, 0.717) is 11.0 Å². The van der Waals surface area contributed by atoms with Crippen molar-refractivity contribution in [2.75, 3.05) is 19.4 Å². The molecular formula is C9H16N4OS. The predicted octanol–water partition coefficient (Wildman–Crippen LogP) is 1.83. The van der Waals surface area contributed by atoms with Gasteiger partial charge in [-0.3, -0.25) is 5.32 Å². The molecule has 0 aliphatic rings. The Morgan fingerprint density at radius 2 is 2.13 bits per heavy atom. The Morgan fingerprint density at radius 3 is 2.67 bits per heavy atom. The summed E-state index contributed by atoms with van der Waals surface area (Å²) in [6, 6.07) is -0.178. The summed E-state index contributed by atoms with van der Waals surface area (Å²) in [5.74, 6) is 0.551. The highest BCUT2D eigenvalue weighted by molar-refractivity contribution is 7.15. The molecule has 1 N–H and O–H groups in total. The van der Waals surface area contributed by atoms with E-state index in [0.717, 1.165) is 11.4 Å². The van der Waals surface area contributed by atoms with Gasteiger partial charge in [-0.2, -0.15) is 0 Å². The van der Waals surface area contributed by atoms with Crippen LogP contribution >= 0.6 is 11.3 Å². The summed E-state index contributed by atoms with van der Waals surface area (Å²) < 4.78 is 0. The van der Waals surface area contributed by atoms with Crippen LogP contribution < -0.4 is 5.32 Å². The third kappa shape index (κ3) is 3.83. The highest BCUT2D eigenvalue weighted by Gasteiger charge is 2.09. The van der Waals surface area contributed by atoms with Gasteiger partial charge in [-0.05, 0) is 5.92 Å². The minimum atomic E-state index is -0.178. The van der Waals surface area contributed by atoms with Crippen LogP contribution in [0.5, 0.6) is 0 Å². The molecule has 15 heavy (non-hydrogen) atoms. The summed E-state index contributed by atoms with van der Waals surface area (Å²) in [4.78, 5) is 12.8. The van der Waals surface area contributed by atoms with Crippen LogP contribution in [-0.2, 0) is 6.42 Å². The molecule has 0 aliphatic heterocycles. The lowest BCUT2D eigenvalue weighted by atomic mass is 10.1. The molecule has 5 nitrogen and oxygen atoms in total. The van der Waals surface area contributed by atoms with E-state index in [9.17, 15) is 4.79 Å². The molecule has 6 heteroatoms. The Bertz CT molecular complexity index is 335. The first-order valence-electron chi connectivity index (χ1n) is 4.79. The lowest BCUT2D eigenvalue weighted by molar-refractivity contribution is 0.230. The van der Waals surface area contributed by atoms with E-state index in [2.05, 4.69) is 29.4 Å². The van der Waals surface area contributed by atoms with E-state index >= 15 is 0 Å². The third-order valence-electron chi connectivity index (χ3n) is 1.67. The zero-order chi connectivity index (χ0) is 11.4. The van der Waals surface area contributed by atoms with Crippen molar-refractivity contribution in [3.8, 4) is 0 Å². The number of anilines is 1. The van der Waals surface area contributed by atoms with Gasteiger partial charge in [0.15, 0.2) is 0 Å². The van der Waals surface area contributed by atoms with Gasteiger partial charge in [-0.15, -0.1) is 10.2 Å². The van der Waals surface area contributed by atoms with Crippen molar-refractivity contribution in [3.05, 3.63) is 5.01 Å². The number of rotatable bonds is 3. The first kappa shape index (κ1) is 11.9. The third-order valence-corrected chi connectivity index (χ3v) is 2.53. The standard InChI is InChI=1S/C9H16N4OS/c1-6(2)5-7-11-12-8(15-7)10-9(14)13(3)4/h6H,5H2,1-4H3,(H,10,12,14). The second-order valence-electron chi connectivity index (χ2n) is 3.92. The number of carbonyl (C=O) groups excluding carboxylic acids is 1. The van der Waals surface area contributed by atoms with E-state index < -0.39 is 0 Å². The van der Waals surface area contributed by atoms with E-state index in [1.807, 2.05) is 0 Å². The quantitative estimate of drug-likeness (QED) is 0.858. The predicted molar refractivity (Wildman–Crippen MR) is 61.2 cm³/mol. The summed E-state index contributed by atoms with van der Waals surface area (Å²) in [7, 11) is 3.37. The van der Waals surface area contributed by atoms with Crippen LogP contribution in [0.1, 0.15) is 18.9 Å². The molecule has 0 saturated carbocycles. The van der Waals surface area contributed by atoms with E-state index in [4.69, 9.17) is 0 Å². The van der Waals surface area contributed by atoms with Crippen LogP contribution in [0.2, 0.25) is 0 Å². The normalized spacial score (nSPS) is 10.5. The molecular weight excluding hydrogens is 212 g/mol. The van der Waals surface area contributed by atoms with Crippen molar-refractivity contribution < 1.29 is 4.79 Å². The van der Waals surface area contributed by atoms with Gasteiger partial charge in [-0.1, -0.05) is 25.2 Å². The Labute approximate surface area is 93.5 Å². The van der Waals surface area contributed by atoms with Crippen molar-refractivity contribution in [1.29, 1.82) is 0 Å². The van der Waals surface area contributed by atoms with Gasteiger partial charge < -0.3 is 4.90 Å². The average molecular weight is 228 g/mol. The Hall–Kier alpha value is -1.17. The molecule has 1 aromatic rings. The zero-order valence-corrected chi connectivity index (χ0v) is 10.3. The van der Waals surface area contributed by atoms with E-state index in [1.165, 1.54) is 16.2 Å². The molecule has 0 bridgehead atoms. The fourth-order valence-corrected chi connectivity index (χ4v) is 1.88. The number of urea groups is 1. The van der Waals surface area contributed by atoms with Gasteiger partial charge in [0.05, 0.1) is 0 Å². The van der Waals surface area contributed by atoms with Crippen LogP contribution in [0.25, 0.3) is 0 Å². The number of carbonyl (C=O) groups is 1. The van der Waals surface area contributed by atoms with E-state index in [1.54, 1.807) is 14.1 Å². The number of hydrogen-bond donors (Lipinski definition) is 1. The lowest BCUT2D eigenvalue weighted by Gasteiger charge is -2.08. The molecule has 0 radical (unpaired) electrons. The molecule has 1 rings (SSSR count). The number of nitrogens with zero attached hydrogens (tertiary/aromatic N) is 3. The second kappa shape index (κ2) is 5.06. The van der Waals surface area contributed by atoms with Crippen LogP contribution in [0.4, 0.5) is 9.93 Å². The Morgan fingerprint density at radius 1 is 1.47 bits per heavy atom. The molecule has 0 unspecified atom stereocenters. The zero-order valence-electron chi connectivity index (χ0n) is 9.44. The van der Waals surface area contributed by atoms with Crippen molar-refractivity contribution in [1.82, 2.24) is 15.1 Å². The number of amides is 2. The maximum absolute atomic E-state index is 11.3. The summed E-state index contributed by atoms with van der Waals surface area (Å²) in [5.41, 5.74) is 0. The van der Waals surface area contributed by atoms with Crippen molar-refractivity contribution in [2.45, 2.75) is 20.3 Å². The summed E-state index contributed by atoms with van der Waals surface area (Å²) in [6.07, 6.45) is 0.898. The SMILES string of the molecule is CC(C)Cc1nnc(NC(=O)N(C)C)s1. The second-order valence-corrected chi connectivity index (χ2v) is 4.99. The molecule has 84 valence electrons. The van der Waals surface area contributed by atoms with Crippen molar-refractivity contribution in [3.63, 3.8) is 0 Å². The molecule has 0 saturated heterocycles. The van der Waals surface area contributed by atoms with Crippen molar-refractivity contribution in [2.24, 2.45) is 5.92 Å². The van der Waals surface area contributed by atoms with Gasteiger partial charge in [-0.25, -0.2) is 4.79 Å². The number of hydrogen-bond acceptors (Lipinski definition) is 4. The van der Waals surface area contributed by atoms with Gasteiger partial charge in [0, 0.05) is 20.5 Å². The molecule has 1 aromatic heterocycles. The summed E-state index contributed by atoms with van der Waals surface area (Å²) in [6.45, 7) is 4.25. The van der Waals surface area contributed by atoms with Gasteiger partial charge in [0.1, 0.15) is 5.01 Å². The topological polar surface area (TPSA) is 58.1 Å². The van der Waals surface area contributed by atoms with Gasteiger partial charge >= 0.3 is 6.03 Å². The Kier molecular flexibility index (Phi) is 4.02. The van der Waals surface area contributed by atoms with Crippen LogP contribution in [0, 0.1) is 5.92 Å². The fraction of sp³-hybridized carbons (Fsp3) is 0.667. The largest absolute Gasteiger partial charge is 0.331 e. The average Bonchev–Trinajstić information content (AvgIpc) is 2.51. The molecule has 2 amide bonds. The smallest absolute Gasteiger partial charge is 0.323 e. The first-order chi connectivity index (χ1) is 6.99. The maximum Gasteiger partial charge on any atom is 0.323 e. The number of nitrogens with one attached hydrogen (secondary N) is 1. The monoisotopic (exact) mass is 228 g/mol. The lowest BCUT2D eigenvalue weighted by Crippen LogP contribution is -2.27. The molecule has 0 fully saturated rings. The van der Waals surface area contributed by atoms with Gasteiger partial charge in [0.25, 0.3) is 0 Å². The van der Waals surface area contributed by atoms with Crippen LogP contribution in [0.3, 0.4) is 0 Å². The molecule has 0 atom stereocenters. The summed E-state index contributed by atoms with van der Waals surface area (Å²) in [5, 5.41) is 12.1. The number of aromatic nitrogens is 2. The first-order valence-corrected chi connectivity index (χ1v) is 5.61. The van der Waals surface area contributed by atoms with Crippen LogP contribution in [0.15, 0.2) is 0 Å². The van der Waals surface area contributed by atoms with Gasteiger partial charge in [0.2, 0.25) is 5.13 Å². The maximum atomic E-state index is 11.3. The molecule has 0 aliphatic carbocycles. The molecule has 0 spiro atoms. The Balaban J connectivity index is 2.56. The highest BCUT2D eigenvalue weighted by atomic mass is 32.1. The van der Waals surface area contributed by atoms with E-state index in [-0.39, 0.29) is 6.03 Å². The molecule has 0 aromatic carbocycles. The fourth-order valence-electron chi connectivity index (χ4n) is 0.939. The van der Waals surface area contributed by atoms with Crippen LogP contribution in [-0.4, -0.2) is 35.2 Å².